The van der Waals surface area contributed by atoms with Gasteiger partial charge in [0.2, 0.25) is 0 Å². The van der Waals surface area contributed by atoms with Crippen molar-refractivity contribution in [3.63, 3.8) is 0 Å². The molecule has 0 saturated carbocycles. The molecule has 5 heterocycles. The van der Waals surface area contributed by atoms with Gasteiger partial charge >= 0.3 is 6.01 Å². The number of terminal acetylenes is 1. The highest BCUT2D eigenvalue weighted by Gasteiger charge is 2.49. The van der Waals surface area contributed by atoms with Gasteiger partial charge in [0.25, 0.3) is 0 Å². The maximum absolute atomic E-state index is 16.6. The zero-order valence-electron chi connectivity index (χ0n) is 23.9. The lowest BCUT2D eigenvalue weighted by atomic mass is 9.94. The van der Waals surface area contributed by atoms with E-state index in [9.17, 15) is 13.9 Å². The third-order valence-electron chi connectivity index (χ3n) is 9.24. The van der Waals surface area contributed by atoms with Crippen molar-refractivity contribution in [2.45, 2.75) is 56.3 Å². The number of benzene rings is 2. The highest BCUT2D eigenvalue weighted by molar-refractivity contribution is 6.02. The molecule has 10 heteroatoms. The van der Waals surface area contributed by atoms with Crippen molar-refractivity contribution in [3.8, 4) is 29.6 Å². The van der Waals surface area contributed by atoms with Gasteiger partial charge in [0.1, 0.15) is 35.6 Å². The molecule has 0 bridgehead atoms. The van der Waals surface area contributed by atoms with Crippen LogP contribution < -0.4 is 9.64 Å². The molecular formula is C33H32F3N5O2. The lowest BCUT2D eigenvalue weighted by molar-refractivity contribution is 0.0447. The van der Waals surface area contributed by atoms with E-state index in [4.69, 9.17) is 16.1 Å². The van der Waals surface area contributed by atoms with Crippen LogP contribution in [0.1, 0.15) is 44.6 Å². The third kappa shape index (κ3) is 4.75. The first-order chi connectivity index (χ1) is 20.7. The third-order valence-corrected chi connectivity index (χ3v) is 9.24. The van der Waals surface area contributed by atoms with Gasteiger partial charge in [0, 0.05) is 43.2 Å². The van der Waals surface area contributed by atoms with Crippen LogP contribution >= 0.6 is 0 Å². The van der Waals surface area contributed by atoms with Crippen molar-refractivity contribution in [1.82, 2.24) is 19.9 Å². The Morgan fingerprint density at radius 2 is 1.98 bits per heavy atom. The number of β-amino-alcohol motifs (C(OH)–C–C–N with tert-alkyl or cyclic N) is 1. The Bertz CT molecular complexity index is 1790. The Morgan fingerprint density at radius 1 is 1.14 bits per heavy atom. The van der Waals surface area contributed by atoms with Crippen LogP contribution in [0.4, 0.5) is 19.0 Å². The Morgan fingerprint density at radius 3 is 2.79 bits per heavy atom. The summed E-state index contributed by atoms with van der Waals surface area (Å²) in [6.45, 7) is 4.03. The zero-order chi connectivity index (χ0) is 29.9. The Labute approximate surface area is 247 Å². The standard InChI is InChI=1S/C33H32F3N5O2/c1-3-22-25(35)10-9-20-7-4-8-23(26(20)22)28-27(36)29-24(16-37-28)30(40-13-5-11-32(2,42)18-40)39-31(38-29)43-19-33-12-6-14-41(33)17-21(34)15-33/h1,4,7-10,16,21,42H,5-6,11-15,17-19H2,2H3/t21-,32-,33+/m1/s1. The molecule has 3 fully saturated rings. The summed E-state index contributed by atoms with van der Waals surface area (Å²) in [4.78, 5) is 17.7. The average molecular weight is 588 g/mol. The van der Waals surface area contributed by atoms with Crippen molar-refractivity contribution in [2.24, 2.45) is 0 Å². The fourth-order valence-corrected chi connectivity index (χ4v) is 7.26. The van der Waals surface area contributed by atoms with Crippen molar-refractivity contribution >= 4 is 27.5 Å². The highest BCUT2D eigenvalue weighted by atomic mass is 19.1. The fourth-order valence-electron chi connectivity index (χ4n) is 7.26. The van der Waals surface area contributed by atoms with Crippen molar-refractivity contribution < 1.29 is 23.0 Å². The SMILES string of the molecule is C#Cc1c(F)ccc2cccc(-c3ncc4c(N5CCC[C@@](C)(O)C5)nc(OC[C@@]56CCCN5C[C@H](F)C6)nc4c3F)c12. The number of aromatic nitrogens is 3. The number of nitrogens with zero attached hydrogens (tertiary/aromatic N) is 5. The second kappa shape index (κ2) is 10.4. The minimum absolute atomic E-state index is 0.0125. The Hall–Kier alpha value is -3.94. The van der Waals surface area contributed by atoms with Gasteiger partial charge in [-0.25, -0.2) is 13.2 Å². The van der Waals surface area contributed by atoms with Gasteiger partial charge in [0.15, 0.2) is 5.82 Å². The van der Waals surface area contributed by atoms with Gasteiger partial charge in [0.05, 0.1) is 22.1 Å². The minimum Gasteiger partial charge on any atom is -0.461 e. The van der Waals surface area contributed by atoms with E-state index in [1.807, 2.05) is 4.90 Å². The molecule has 3 saturated heterocycles. The number of anilines is 1. The summed E-state index contributed by atoms with van der Waals surface area (Å²) in [6, 6.07) is 8.04. The lowest BCUT2D eigenvalue weighted by Crippen LogP contribution is -2.46. The Balaban J connectivity index is 1.37. The number of hydrogen-bond donors (Lipinski definition) is 1. The second-order valence-corrected chi connectivity index (χ2v) is 12.4. The maximum atomic E-state index is 16.6. The van der Waals surface area contributed by atoms with Crippen LogP contribution in [0.15, 0.2) is 36.5 Å². The van der Waals surface area contributed by atoms with E-state index in [-0.39, 0.29) is 35.9 Å². The predicted octanol–water partition coefficient (Wildman–Crippen LogP) is 5.41. The van der Waals surface area contributed by atoms with Gasteiger partial charge in [-0.05, 0) is 50.6 Å². The van der Waals surface area contributed by atoms with E-state index in [1.165, 1.54) is 12.3 Å². The van der Waals surface area contributed by atoms with Crippen molar-refractivity contribution in [3.05, 3.63) is 53.7 Å². The van der Waals surface area contributed by atoms with Gasteiger partial charge in [-0.3, -0.25) is 9.88 Å². The van der Waals surface area contributed by atoms with Gasteiger partial charge in [-0.15, -0.1) is 6.42 Å². The molecule has 2 aromatic carbocycles. The average Bonchev–Trinajstić information content (AvgIpc) is 3.51. The molecule has 43 heavy (non-hydrogen) atoms. The molecule has 0 radical (unpaired) electrons. The summed E-state index contributed by atoms with van der Waals surface area (Å²) < 4.78 is 51.9. The van der Waals surface area contributed by atoms with Crippen LogP contribution in [0.2, 0.25) is 0 Å². The van der Waals surface area contributed by atoms with E-state index >= 15 is 4.39 Å². The maximum Gasteiger partial charge on any atom is 0.319 e. The van der Waals surface area contributed by atoms with Crippen LogP contribution in [0.3, 0.4) is 0 Å². The van der Waals surface area contributed by atoms with Gasteiger partial charge < -0.3 is 14.7 Å². The summed E-state index contributed by atoms with van der Waals surface area (Å²) in [5, 5.41) is 12.2. The van der Waals surface area contributed by atoms with Crippen LogP contribution in [-0.2, 0) is 0 Å². The quantitative estimate of drug-likeness (QED) is 0.313. The molecule has 0 amide bonds. The largest absolute Gasteiger partial charge is 0.461 e. The molecule has 1 N–H and O–H groups in total. The molecule has 2 aromatic heterocycles. The molecule has 3 atom stereocenters. The highest BCUT2D eigenvalue weighted by Crippen LogP contribution is 2.41. The molecule has 7 nitrogen and oxygen atoms in total. The smallest absolute Gasteiger partial charge is 0.319 e. The first kappa shape index (κ1) is 27.9. The number of fused-ring (bicyclic) bond motifs is 3. The zero-order valence-corrected chi connectivity index (χ0v) is 23.9. The summed E-state index contributed by atoms with van der Waals surface area (Å²) >= 11 is 0. The van der Waals surface area contributed by atoms with E-state index < -0.39 is 28.9 Å². The fraction of sp³-hybridized carbons (Fsp3) is 0.424. The van der Waals surface area contributed by atoms with Crippen LogP contribution in [0, 0.1) is 24.0 Å². The molecule has 3 aliphatic rings. The molecule has 0 unspecified atom stereocenters. The first-order valence-corrected chi connectivity index (χ1v) is 14.7. The number of ether oxygens (including phenoxy) is 1. The molecular weight excluding hydrogens is 555 g/mol. The number of alkyl halides is 1. The second-order valence-electron chi connectivity index (χ2n) is 12.4. The molecule has 0 spiro atoms. The monoisotopic (exact) mass is 587 g/mol. The van der Waals surface area contributed by atoms with E-state index in [0.29, 0.717) is 53.5 Å². The number of piperidine rings is 1. The number of rotatable bonds is 5. The molecule has 4 aromatic rings. The topological polar surface area (TPSA) is 74.6 Å². The van der Waals surface area contributed by atoms with Crippen LogP contribution in [0.5, 0.6) is 6.01 Å². The van der Waals surface area contributed by atoms with Gasteiger partial charge in [-0.1, -0.05) is 30.2 Å². The predicted molar refractivity (Wildman–Crippen MR) is 159 cm³/mol. The number of halogens is 3. The van der Waals surface area contributed by atoms with E-state index in [0.717, 1.165) is 25.8 Å². The molecule has 0 aliphatic carbocycles. The number of pyridine rings is 1. The molecule has 222 valence electrons. The number of aliphatic hydroxyl groups is 1. The van der Waals surface area contributed by atoms with Crippen LogP contribution in [-0.4, -0.2) is 75.1 Å². The number of hydrogen-bond acceptors (Lipinski definition) is 7. The van der Waals surface area contributed by atoms with Crippen molar-refractivity contribution in [1.29, 1.82) is 0 Å². The minimum atomic E-state index is -0.954. The van der Waals surface area contributed by atoms with Crippen LogP contribution in [0.25, 0.3) is 32.9 Å². The Kier molecular flexibility index (Phi) is 6.71. The summed E-state index contributed by atoms with van der Waals surface area (Å²) in [5.41, 5.74) is -1.06. The van der Waals surface area contributed by atoms with E-state index in [2.05, 4.69) is 20.8 Å². The first-order valence-electron chi connectivity index (χ1n) is 14.7. The lowest BCUT2D eigenvalue weighted by Gasteiger charge is -2.38. The van der Waals surface area contributed by atoms with E-state index in [1.54, 1.807) is 31.2 Å². The summed E-state index contributed by atoms with van der Waals surface area (Å²) in [6.07, 6.45) is 9.74. The normalized spacial score (nSPS) is 25.8. The van der Waals surface area contributed by atoms with Gasteiger partial charge in [-0.2, -0.15) is 9.97 Å². The summed E-state index contributed by atoms with van der Waals surface area (Å²) in [7, 11) is 0. The molecule has 3 aliphatic heterocycles. The van der Waals surface area contributed by atoms with Crippen molar-refractivity contribution in [2.75, 3.05) is 37.7 Å². The summed E-state index contributed by atoms with van der Waals surface area (Å²) in [5.74, 6) is 1.51. The molecule has 7 rings (SSSR count).